The minimum atomic E-state index is -0.367. The quantitative estimate of drug-likeness (QED) is 0.243. The Morgan fingerprint density at radius 3 is 1.26 bits per heavy atom. The summed E-state index contributed by atoms with van der Waals surface area (Å²) in [5, 5.41) is 19.7. The zero-order valence-corrected chi connectivity index (χ0v) is 29.3. The molecule has 2 aromatic carbocycles. The first-order valence-electron chi connectivity index (χ1n) is 15.0. The minimum Gasteiger partial charge on any atom is -0.290 e. The molecule has 0 bridgehead atoms. The first-order chi connectivity index (χ1) is 22.2. The lowest BCUT2D eigenvalue weighted by Gasteiger charge is -2.23. The monoisotopic (exact) mass is 680 g/mol. The maximum atomic E-state index is 12.8. The number of nitrogens with zero attached hydrogens (tertiary/aromatic N) is 4. The molecule has 3 aromatic rings. The second kappa shape index (κ2) is 13.8. The van der Waals surface area contributed by atoms with Crippen molar-refractivity contribution >= 4 is 68.9 Å². The van der Waals surface area contributed by atoms with Crippen LogP contribution in [0.2, 0.25) is 10.0 Å². The van der Waals surface area contributed by atoms with Crippen LogP contribution in [0.25, 0.3) is 11.4 Å². The normalized spacial score (nSPS) is 17.9. The Hall–Kier alpha value is -4.30. The molecule has 9 heteroatoms. The van der Waals surface area contributed by atoms with Gasteiger partial charge in [-0.15, -0.1) is 21.6 Å². The van der Waals surface area contributed by atoms with Crippen molar-refractivity contribution in [2.24, 2.45) is 31.3 Å². The molecule has 47 heavy (non-hydrogen) atoms. The molecule has 2 aliphatic rings. The van der Waals surface area contributed by atoms with E-state index in [1.54, 1.807) is 72.8 Å². The van der Waals surface area contributed by atoms with Crippen LogP contribution in [0.5, 0.6) is 0 Å². The van der Waals surface area contributed by atoms with Gasteiger partial charge in [0.2, 0.25) is 0 Å². The maximum absolute atomic E-state index is 12.8. The van der Waals surface area contributed by atoms with E-state index in [2.05, 4.69) is 10.2 Å². The van der Waals surface area contributed by atoms with E-state index in [4.69, 9.17) is 33.4 Å². The lowest BCUT2D eigenvalue weighted by Crippen LogP contribution is -2.18. The van der Waals surface area contributed by atoms with Crippen LogP contribution in [0.3, 0.4) is 0 Å². The van der Waals surface area contributed by atoms with E-state index in [1.807, 2.05) is 65.8 Å². The molecule has 0 spiro atoms. The molecular formula is C38H34Cl2N4O2S. The fourth-order valence-corrected chi connectivity index (χ4v) is 6.12. The molecule has 0 saturated carbocycles. The Balaban J connectivity index is 1.68. The fourth-order valence-electron chi connectivity index (χ4n) is 4.85. The SMILES string of the molecule is CC(C)(C)C1=CC(=C(N=Nc2ccc(Cl)cc2)c2ccc(C(N=Nc3ccc(Cl)cc3)=C3C=CC(=O)C(C(C)(C)C)=C3)s2)C=CC1=O. The van der Waals surface area contributed by atoms with Gasteiger partial charge in [-0.25, -0.2) is 0 Å². The van der Waals surface area contributed by atoms with Gasteiger partial charge in [0.15, 0.2) is 11.6 Å². The summed E-state index contributed by atoms with van der Waals surface area (Å²) in [5.41, 5.74) is 4.62. The predicted octanol–water partition coefficient (Wildman–Crippen LogP) is 12.3. The number of allylic oxidation sites excluding steroid dienone is 10. The van der Waals surface area contributed by atoms with Crippen molar-refractivity contribution in [2.45, 2.75) is 41.5 Å². The number of carbonyl (C=O) groups excluding carboxylic acids is 2. The van der Waals surface area contributed by atoms with Crippen molar-refractivity contribution < 1.29 is 9.59 Å². The number of ketones is 2. The summed E-state index contributed by atoms with van der Waals surface area (Å²) < 4.78 is 0. The summed E-state index contributed by atoms with van der Waals surface area (Å²) in [6, 6.07) is 18.1. The van der Waals surface area contributed by atoms with Gasteiger partial charge in [0.25, 0.3) is 0 Å². The molecule has 0 radical (unpaired) electrons. The van der Waals surface area contributed by atoms with Crippen LogP contribution in [0.4, 0.5) is 11.4 Å². The number of thiophene rings is 1. The fraction of sp³-hybridized carbons (Fsp3) is 0.211. The average molecular weight is 682 g/mol. The van der Waals surface area contributed by atoms with Crippen LogP contribution >= 0.6 is 34.5 Å². The molecule has 2 aliphatic carbocycles. The summed E-state index contributed by atoms with van der Waals surface area (Å²) in [5.74, 6) is -0.0615. The highest BCUT2D eigenvalue weighted by Gasteiger charge is 2.27. The molecule has 5 rings (SSSR count). The van der Waals surface area contributed by atoms with Gasteiger partial charge in [0, 0.05) is 32.3 Å². The smallest absolute Gasteiger partial charge is 0.182 e. The molecule has 0 unspecified atom stereocenters. The number of halogens is 2. The predicted molar refractivity (Wildman–Crippen MR) is 193 cm³/mol. The maximum Gasteiger partial charge on any atom is 0.182 e. The van der Waals surface area contributed by atoms with Crippen molar-refractivity contribution in [2.75, 3.05) is 0 Å². The topological polar surface area (TPSA) is 83.6 Å². The van der Waals surface area contributed by atoms with Crippen LogP contribution in [0.15, 0.2) is 140 Å². The van der Waals surface area contributed by atoms with E-state index in [0.29, 0.717) is 44.0 Å². The summed E-state index contributed by atoms with van der Waals surface area (Å²) in [6.07, 6.45) is 10.5. The number of benzene rings is 2. The molecule has 0 atom stereocenters. The first kappa shape index (κ1) is 34.0. The zero-order valence-electron chi connectivity index (χ0n) is 27.0. The van der Waals surface area contributed by atoms with Crippen LogP contribution in [0, 0.1) is 10.8 Å². The van der Waals surface area contributed by atoms with E-state index in [0.717, 1.165) is 20.9 Å². The molecule has 238 valence electrons. The Labute approximate surface area is 289 Å². The van der Waals surface area contributed by atoms with Gasteiger partial charge in [-0.2, -0.15) is 10.2 Å². The molecular weight excluding hydrogens is 647 g/mol. The lowest BCUT2D eigenvalue weighted by molar-refractivity contribution is -0.113. The van der Waals surface area contributed by atoms with Crippen LogP contribution in [-0.2, 0) is 9.59 Å². The van der Waals surface area contributed by atoms with Crippen molar-refractivity contribution in [1.82, 2.24) is 0 Å². The number of hydrogen-bond donors (Lipinski definition) is 0. The van der Waals surface area contributed by atoms with E-state index >= 15 is 0 Å². The molecule has 0 N–H and O–H groups in total. The largest absolute Gasteiger partial charge is 0.290 e. The molecule has 0 fully saturated rings. The highest BCUT2D eigenvalue weighted by Crippen LogP contribution is 2.40. The average Bonchev–Trinajstić information content (AvgIpc) is 3.49. The molecule has 1 aromatic heterocycles. The van der Waals surface area contributed by atoms with Crippen LogP contribution in [-0.4, -0.2) is 11.6 Å². The Morgan fingerprint density at radius 1 is 0.553 bits per heavy atom. The molecule has 1 heterocycles. The van der Waals surface area contributed by atoms with Crippen molar-refractivity contribution in [3.05, 3.63) is 139 Å². The molecule has 0 saturated heterocycles. The van der Waals surface area contributed by atoms with Crippen molar-refractivity contribution in [3.8, 4) is 0 Å². The Kier molecular flexibility index (Phi) is 10.0. The van der Waals surface area contributed by atoms with Crippen molar-refractivity contribution in [1.29, 1.82) is 0 Å². The first-order valence-corrected chi connectivity index (χ1v) is 16.6. The standard InChI is InChI=1S/C38H34Cl2N4O2S/c1-37(2,3)29-21-23(7-17-31(29)45)35(43-41-27-13-9-25(39)10-14-27)33-19-20-34(47-33)36(44-42-28-15-11-26(40)12-16-28)24-8-18-32(46)30(22-24)38(4,5)6/h7-22H,1-6H3. The van der Waals surface area contributed by atoms with Crippen LogP contribution < -0.4 is 0 Å². The van der Waals surface area contributed by atoms with E-state index in [1.165, 1.54) is 11.3 Å². The number of carbonyl (C=O) groups is 2. The van der Waals surface area contributed by atoms with E-state index in [9.17, 15) is 9.59 Å². The molecule has 6 nitrogen and oxygen atoms in total. The van der Waals surface area contributed by atoms with Gasteiger partial charge >= 0.3 is 0 Å². The number of azo groups is 2. The third-order valence-corrected chi connectivity index (χ3v) is 8.98. The number of hydrogen-bond acceptors (Lipinski definition) is 7. The highest BCUT2D eigenvalue weighted by atomic mass is 35.5. The third kappa shape index (κ3) is 8.35. The van der Waals surface area contributed by atoms with Crippen LogP contribution in [0.1, 0.15) is 51.3 Å². The second-order valence-corrected chi connectivity index (χ2v) is 15.1. The van der Waals surface area contributed by atoms with Gasteiger partial charge < -0.3 is 0 Å². The summed E-state index contributed by atoms with van der Waals surface area (Å²) in [4.78, 5) is 27.3. The summed E-state index contributed by atoms with van der Waals surface area (Å²) in [6.45, 7) is 12.1. The Morgan fingerprint density at radius 2 is 0.915 bits per heavy atom. The summed E-state index contributed by atoms with van der Waals surface area (Å²) >= 11 is 13.7. The van der Waals surface area contributed by atoms with Gasteiger partial charge in [-0.05, 0) is 108 Å². The van der Waals surface area contributed by atoms with Gasteiger partial charge in [-0.1, -0.05) is 64.7 Å². The van der Waals surface area contributed by atoms with E-state index in [-0.39, 0.29) is 22.4 Å². The zero-order chi connectivity index (χ0) is 33.9. The Bertz CT molecular complexity index is 1830. The van der Waals surface area contributed by atoms with Gasteiger partial charge in [0.05, 0.1) is 21.1 Å². The molecule has 0 amide bonds. The minimum absolute atomic E-state index is 0.0307. The number of rotatable bonds is 6. The summed E-state index contributed by atoms with van der Waals surface area (Å²) in [7, 11) is 0. The highest BCUT2D eigenvalue weighted by molar-refractivity contribution is 7.14. The second-order valence-electron chi connectivity index (χ2n) is 13.1. The van der Waals surface area contributed by atoms with E-state index < -0.39 is 0 Å². The van der Waals surface area contributed by atoms with Gasteiger partial charge in [0.1, 0.15) is 11.4 Å². The third-order valence-electron chi connectivity index (χ3n) is 7.38. The lowest BCUT2D eigenvalue weighted by atomic mass is 9.80. The van der Waals surface area contributed by atoms with Gasteiger partial charge in [-0.3, -0.25) is 9.59 Å². The van der Waals surface area contributed by atoms with Crippen molar-refractivity contribution in [3.63, 3.8) is 0 Å². The molecule has 0 aliphatic heterocycles.